The van der Waals surface area contributed by atoms with Gasteiger partial charge in [0.25, 0.3) is 5.56 Å². The van der Waals surface area contributed by atoms with Crippen molar-refractivity contribution in [2.75, 3.05) is 0 Å². The lowest BCUT2D eigenvalue weighted by molar-refractivity contribution is -0.111. The molecule has 1 atom stereocenters. The molecule has 0 spiro atoms. The first-order valence-corrected chi connectivity index (χ1v) is 11.2. The lowest BCUT2D eigenvalue weighted by Crippen LogP contribution is -2.19. The van der Waals surface area contributed by atoms with Gasteiger partial charge in [0.05, 0.1) is 17.5 Å². The molecule has 1 aliphatic rings. The van der Waals surface area contributed by atoms with Gasteiger partial charge in [-0.05, 0) is 24.3 Å². The van der Waals surface area contributed by atoms with E-state index >= 15 is 0 Å². The highest BCUT2D eigenvalue weighted by molar-refractivity contribution is 9.10. The predicted molar refractivity (Wildman–Crippen MR) is 121 cm³/mol. The van der Waals surface area contributed by atoms with Crippen LogP contribution in [0, 0.1) is 0 Å². The number of para-hydroxylation sites is 1. The number of thioether (sulfide) groups is 1. The molecule has 0 amide bonds. The number of rotatable bonds is 4. The van der Waals surface area contributed by atoms with Crippen LogP contribution in [0.4, 0.5) is 0 Å². The van der Waals surface area contributed by atoms with Gasteiger partial charge in [-0.1, -0.05) is 70.2 Å². The van der Waals surface area contributed by atoms with Gasteiger partial charge in [-0.25, -0.2) is 4.98 Å². The van der Waals surface area contributed by atoms with Crippen molar-refractivity contribution in [3.8, 4) is 5.75 Å². The number of nitrogens with zero attached hydrogens (tertiary/aromatic N) is 1. The number of aromatic amines is 1. The Kier molecular flexibility index (Phi) is 5.33. The lowest BCUT2D eigenvalue weighted by atomic mass is 10.1. The predicted octanol–water partition coefficient (Wildman–Crippen LogP) is 5.59. The zero-order chi connectivity index (χ0) is 20.5. The Morgan fingerprint density at radius 1 is 1.10 bits per heavy atom. The Morgan fingerprint density at radius 2 is 1.90 bits per heavy atom. The third kappa shape index (κ3) is 3.88. The summed E-state index contributed by atoms with van der Waals surface area (Å²) in [6.45, 7) is 0.469. The zero-order valence-electron chi connectivity index (χ0n) is 15.8. The summed E-state index contributed by atoms with van der Waals surface area (Å²) < 4.78 is 13.1. The third-order valence-electron chi connectivity index (χ3n) is 4.85. The number of halogens is 1. The molecule has 0 bridgehead atoms. The quantitative estimate of drug-likeness (QED) is 0.304. The summed E-state index contributed by atoms with van der Waals surface area (Å²) in [5, 5.41) is 1.17. The first-order valence-electron chi connectivity index (χ1n) is 9.44. The van der Waals surface area contributed by atoms with Gasteiger partial charge in [0.2, 0.25) is 6.29 Å². The Hall–Kier alpha value is -2.61. The van der Waals surface area contributed by atoms with Crippen LogP contribution in [0.3, 0.4) is 0 Å². The summed E-state index contributed by atoms with van der Waals surface area (Å²) in [7, 11) is 0. The molecule has 1 aliphatic heterocycles. The average Bonchev–Trinajstić information content (AvgIpc) is 2.78. The zero-order valence-corrected chi connectivity index (χ0v) is 18.2. The number of aromatic nitrogens is 2. The van der Waals surface area contributed by atoms with Gasteiger partial charge in [-0.2, -0.15) is 0 Å². The van der Waals surface area contributed by atoms with Gasteiger partial charge in [0.15, 0.2) is 5.16 Å². The van der Waals surface area contributed by atoms with Crippen LogP contribution in [0.25, 0.3) is 10.9 Å². The largest absolute Gasteiger partial charge is 0.460 e. The second-order valence-corrected chi connectivity index (χ2v) is 8.78. The van der Waals surface area contributed by atoms with E-state index in [9.17, 15) is 4.79 Å². The average molecular weight is 481 g/mol. The number of ether oxygens (including phenoxy) is 2. The molecule has 0 saturated carbocycles. The van der Waals surface area contributed by atoms with Gasteiger partial charge < -0.3 is 14.5 Å². The van der Waals surface area contributed by atoms with Gasteiger partial charge in [0, 0.05) is 26.9 Å². The monoisotopic (exact) mass is 480 g/mol. The van der Waals surface area contributed by atoms with Crippen LogP contribution in [-0.2, 0) is 17.1 Å². The van der Waals surface area contributed by atoms with Gasteiger partial charge in [0.1, 0.15) is 5.75 Å². The van der Waals surface area contributed by atoms with Crippen LogP contribution in [0.2, 0.25) is 0 Å². The van der Waals surface area contributed by atoms with E-state index in [2.05, 4.69) is 25.9 Å². The molecule has 3 aromatic carbocycles. The minimum Gasteiger partial charge on any atom is -0.460 e. The molecule has 1 N–H and O–H groups in total. The molecular weight excluding hydrogens is 464 g/mol. The third-order valence-corrected chi connectivity index (χ3v) is 6.23. The molecule has 0 aliphatic carbocycles. The highest BCUT2D eigenvalue weighted by atomic mass is 79.9. The number of nitrogens with one attached hydrogen (secondary N) is 1. The van der Waals surface area contributed by atoms with Gasteiger partial charge in [-0.3, -0.25) is 4.79 Å². The molecular formula is C23H17BrN2O3S. The van der Waals surface area contributed by atoms with Gasteiger partial charge in [-0.15, -0.1) is 0 Å². The van der Waals surface area contributed by atoms with Crippen LogP contribution in [0.15, 0.2) is 81.2 Å². The molecule has 0 fully saturated rings. The topological polar surface area (TPSA) is 64.2 Å². The maximum Gasteiger partial charge on any atom is 0.259 e. The smallest absolute Gasteiger partial charge is 0.259 e. The summed E-state index contributed by atoms with van der Waals surface area (Å²) in [6.07, 6.45) is -0.442. The molecule has 7 heteroatoms. The van der Waals surface area contributed by atoms with Gasteiger partial charge >= 0.3 is 0 Å². The molecule has 2 heterocycles. The van der Waals surface area contributed by atoms with Crippen LogP contribution in [0.1, 0.15) is 23.0 Å². The lowest BCUT2D eigenvalue weighted by Gasteiger charge is -2.28. The molecule has 0 saturated heterocycles. The van der Waals surface area contributed by atoms with E-state index in [4.69, 9.17) is 9.47 Å². The maximum absolute atomic E-state index is 12.3. The number of fused-ring (bicyclic) bond motifs is 2. The fourth-order valence-electron chi connectivity index (χ4n) is 3.44. The van der Waals surface area contributed by atoms with Crippen molar-refractivity contribution in [2.45, 2.75) is 23.8 Å². The summed E-state index contributed by atoms with van der Waals surface area (Å²) in [4.78, 5) is 19.8. The summed E-state index contributed by atoms with van der Waals surface area (Å²) in [5.41, 5.74) is 3.55. The Labute approximate surface area is 185 Å². The molecule has 5 rings (SSSR count). The molecule has 0 radical (unpaired) electrons. The maximum atomic E-state index is 12.3. The molecule has 5 nitrogen and oxygen atoms in total. The van der Waals surface area contributed by atoms with Crippen LogP contribution >= 0.6 is 27.7 Å². The fraction of sp³-hybridized carbons (Fsp3) is 0.130. The van der Waals surface area contributed by atoms with E-state index in [1.54, 1.807) is 6.07 Å². The van der Waals surface area contributed by atoms with Crippen LogP contribution in [-0.4, -0.2) is 9.97 Å². The Bertz CT molecular complexity index is 1280. The SMILES string of the molecule is O=c1[nH]c(SCc2cc(Br)cc3c2O[C@@H](c2ccccc2)OC3)nc2ccccc12. The number of hydrogen-bond donors (Lipinski definition) is 1. The first-order chi connectivity index (χ1) is 14.7. The molecule has 1 aromatic heterocycles. The van der Waals surface area contributed by atoms with E-state index in [0.29, 0.717) is 28.4 Å². The van der Waals surface area contributed by atoms with Crippen molar-refractivity contribution in [3.63, 3.8) is 0 Å². The summed E-state index contributed by atoms with van der Waals surface area (Å²) in [5.74, 6) is 1.43. The van der Waals surface area contributed by atoms with Crippen LogP contribution in [0.5, 0.6) is 5.75 Å². The van der Waals surface area contributed by atoms with Crippen molar-refractivity contribution in [2.24, 2.45) is 0 Å². The van der Waals surface area contributed by atoms with E-state index < -0.39 is 6.29 Å². The molecule has 0 unspecified atom stereocenters. The molecule has 150 valence electrons. The van der Waals surface area contributed by atoms with E-state index in [0.717, 1.165) is 26.9 Å². The van der Waals surface area contributed by atoms with Crippen molar-refractivity contribution in [1.29, 1.82) is 0 Å². The fourth-order valence-corrected chi connectivity index (χ4v) is 4.83. The second-order valence-electron chi connectivity index (χ2n) is 6.90. The van der Waals surface area contributed by atoms with E-state index in [1.807, 2.05) is 60.7 Å². The first kappa shape index (κ1) is 19.4. The second kappa shape index (κ2) is 8.26. The molecule has 4 aromatic rings. The highest BCUT2D eigenvalue weighted by Crippen LogP contribution is 2.39. The minimum absolute atomic E-state index is 0.131. The normalized spacial score (nSPS) is 15.6. The minimum atomic E-state index is -0.442. The van der Waals surface area contributed by atoms with E-state index in [1.165, 1.54) is 11.8 Å². The summed E-state index contributed by atoms with van der Waals surface area (Å²) in [6, 6.07) is 21.3. The molecule has 30 heavy (non-hydrogen) atoms. The number of hydrogen-bond acceptors (Lipinski definition) is 5. The Balaban J connectivity index is 1.43. The number of H-pyrrole nitrogens is 1. The van der Waals surface area contributed by atoms with Crippen molar-refractivity contribution >= 4 is 38.6 Å². The highest BCUT2D eigenvalue weighted by Gasteiger charge is 2.25. The van der Waals surface area contributed by atoms with Crippen molar-refractivity contribution < 1.29 is 9.47 Å². The van der Waals surface area contributed by atoms with Crippen molar-refractivity contribution in [3.05, 3.63) is 98.2 Å². The standard InChI is InChI=1S/C23H17BrN2O3S/c24-17-10-15-12-28-22(14-6-2-1-3-7-14)29-20(15)16(11-17)13-30-23-25-19-9-5-4-8-18(19)21(27)26-23/h1-11,22H,12-13H2,(H,25,26,27)/t22-/m0/s1. The van der Waals surface area contributed by atoms with Crippen molar-refractivity contribution in [1.82, 2.24) is 9.97 Å². The Morgan fingerprint density at radius 3 is 2.77 bits per heavy atom. The van der Waals surface area contributed by atoms with Crippen LogP contribution < -0.4 is 10.3 Å². The van der Waals surface area contributed by atoms with E-state index in [-0.39, 0.29) is 5.56 Å². The summed E-state index contributed by atoms with van der Waals surface area (Å²) >= 11 is 5.05. The number of benzene rings is 3.